The average Bonchev–Trinajstić information content (AvgIpc) is 2.59. The molecule has 8 heteroatoms. The minimum absolute atomic E-state index is 0.00221. The Bertz CT molecular complexity index is 857. The zero-order valence-electron chi connectivity index (χ0n) is 16.4. The molecule has 1 N–H and O–H groups in total. The van der Waals surface area contributed by atoms with E-state index in [1.807, 2.05) is 0 Å². The normalized spacial score (nSPS) is 32.1. The second-order valence-corrected chi connectivity index (χ2v) is 10.9. The molecule has 5 rings (SSSR count). The SMILES string of the molecule is Cc1c(NC(=O)COC(=O)CC23C[C@@H]4C[C@@H](CC(Br)(C4)C2)C3)cccc1[N+](=O)[O-]. The molecule has 0 spiro atoms. The first kappa shape index (κ1) is 20.3. The number of nitrogens with zero attached hydrogens (tertiary/aromatic N) is 1. The van der Waals surface area contributed by atoms with E-state index in [0.29, 0.717) is 29.5 Å². The van der Waals surface area contributed by atoms with Crippen LogP contribution in [0.5, 0.6) is 0 Å². The number of hydrogen-bond acceptors (Lipinski definition) is 5. The number of alkyl halides is 1. The molecule has 0 saturated heterocycles. The van der Waals surface area contributed by atoms with Crippen molar-refractivity contribution in [2.45, 2.75) is 56.2 Å². The lowest BCUT2D eigenvalue weighted by molar-refractivity contribution is -0.385. The van der Waals surface area contributed by atoms with Crippen molar-refractivity contribution < 1.29 is 19.2 Å². The molecule has 29 heavy (non-hydrogen) atoms. The van der Waals surface area contributed by atoms with E-state index in [9.17, 15) is 19.7 Å². The summed E-state index contributed by atoms with van der Waals surface area (Å²) in [5.74, 6) is 0.533. The molecular weight excluding hydrogens is 440 g/mol. The largest absolute Gasteiger partial charge is 0.456 e. The van der Waals surface area contributed by atoms with Crippen LogP contribution in [0.1, 0.15) is 50.5 Å². The van der Waals surface area contributed by atoms with Crippen LogP contribution in [0.25, 0.3) is 0 Å². The van der Waals surface area contributed by atoms with Crippen LogP contribution < -0.4 is 5.32 Å². The number of carbonyl (C=O) groups excluding carboxylic acids is 2. The van der Waals surface area contributed by atoms with E-state index in [2.05, 4.69) is 21.2 Å². The Hall–Kier alpha value is -1.96. The van der Waals surface area contributed by atoms with E-state index >= 15 is 0 Å². The van der Waals surface area contributed by atoms with Crippen molar-refractivity contribution in [2.24, 2.45) is 17.3 Å². The van der Waals surface area contributed by atoms with Gasteiger partial charge in [0.25, 0.3) is 11.6 Å². The number of nitrogens with one attached hydrogen (secondary N) is 1. The number of esters is 1. The van der Waals surface area contributed by atoms with Gasteiger partial charge in [0, 0.05) is 10.4 Å². The number of carbonyl (C=O) groups is 2. The predicted octanol–water partition coefficient (Wildman–Crippen LogP) is 4.51. The fourth-order valence-electron chi connectivity index (χ4n) is 6.19. The second kappa shape index (κ2) is 7.38. The number of nitro benzene ring substituents is 1. The summed E-state index contributed by atoms with van der Waals surface area (Å²) in [6, 6.07) is 4.48. The van der Waals surface area contributed by atoms with Gasteiger partial charge in [-0.2, -0.15) is 0 Å². The molecule has 0 heterocycles. The molecule has 2 unspecified atom stereocenters. The highest BCUT2D eigenvalue weighted by Crippen LogP contribution is 2.65. The van der Waals surface area contributed by atoms with Crippen LogP contribution in [0.4, 0.5) is 11.4 Å². The van der Waals surface area contributed by atoms with E-state index in [-0.39, 0.29) is 28.0 Å². The molecule has 7 nitrogen and oxygen atoms in total. The van der Waals surface area contributed by atoms with E-state index in [1.165, 1.54) is 31.4 Å². The van der Waals surface area contributed by atoms with Gasteiger partial charge in [-0.25, -0.2) is 0 Å². The number of nitro groups is 1. The number of amides is 1. The Balaban J connectivity index is 1.32. The van der Waals surface area contributed by atoms with Crippen LogP contribution in [0.2, 0.25) is 0 Å². The summed E-state index contributed by atoms with van der Waals surface area (Å²) in [6.07, 6.45) is 7.18. The molecule has 4 aliphatic carbocycles. The highest BCUT2D eigenvalue weighted by Gasteiger charge is 2.57. The fraction of sp³-hybridized carbons (Fsp3) is 0.619. The third-order valence-corrected chi connectivity index (χ3v) is 7.70. The van der Waals surface area contributed by atoms with Crippen molar-refractivity contribution >= 4 is 39.2 Å². The first-order valence-corrected chi connectivity index (χ1v) is 10.8. The van der Waals surface area contributed by atoms with Crippen LogP contribution in [0.3, 0.4) is 0 Å². The molecule has 1 amide bonds. The van der Waals surface area contributed by atoms with Gasteiger partial charge in [0.1, 0.15) is 0 Å². The van der Waals surface area contributed by atoms with Gasteiger partial charge in [-0.05, 0) is 68.8 Å². The minimum atomic E-state index is -0.496. The summed E-state index contributed by atoms with van der Waals surface area (Å²) in [6.45, 7) is 1.19. The zero-order valence-corrected chi connectivity index (χ0v) is 18.0. The molecule has 0 radical (unpaired) electrons. The quantitative estimate of drug-likeness (QED) is 0.289. The van der Waals surface area contributed by atoms with Gasteiger partial charge in [0.05, 0.1) is 22.6 Å². The van der Waals surface area contributed by atoms with Crippen LogP contribution >= 0.6 is 15.9 Å². The Morgan fingerprint density at radius 2 is 1.97 bits per heavy atom. The maximum atomic E-state index is 12.5. The Kier molecular flexibility index (Phi) is 5.17. The van der Waals surface area contributed by atoms with Crippen molar-refractivity contribution in [1.82, 2.24) is 0 Å². The van der Waals surface area contributed by atoms with Crippen LogP contribution in [0, 0.1) is 34.3 Å². The third-order valence-electron chi connectivity index (χ3n) is 6.77. The smallest absolute Gasteiger partial charge is 0.306 e. The van der Waals surface area contributed by atoms with E-state index in [4.69, 9.17) is 4.74 Å². The fourth-order valence-corrected chi connectivity index (χ4v) is 7.70. The molecule has 4 aliphatic rings. The standard InChI is InChI=1S/C21H25BrN2O5/c1-13-16(3-2-4-17(13)24(27)28)23-18(25)11-29-19(26)10-20-6-14-5-15(7-20)9-21(22,8-14)12-20/h2-4,14-15H,5-12H2,1H3,(H,23,25)/t14-,15+,20?,21?. The summed E-state index contributed by atoms with van der Waals surface area (Å²) < 4.78 is 5.44. The number of halogens is 1. The van der Waals surface area contributed by atoms with Crippen molar-refractivity contribution in [3.05, 3.63) is 33.9 Å². The van der Waals surface area contributed by atoms with Crippen molar-refractivity contribution in [3.8, 4) is 0 Å². The van der Waals surface area contributed by atoms with Crippen molar-refractivity contribution in [2.75, 3.05) is 11.9 Å². The number of anilines is 1. The molecule has 4 atom stereocenters. The van der Waals surface area contributed by atoms with Crippen LogP contribution in [-0.2, 0) is 14.3 Å². The highest BCUT2D eigenvalue weighted by molar-refractivity contribution is 9.10. The maximum Gasteiger partial charge on any atom is 0.306 e. The first-order valence-electron chi connectivity index (χ1n) is 10.1. The Morgan fingerprint density at radius 1 is 1.28 bits per heavy atom. The summed E-state index contributed by atoms with van der Waals surface area (Å²) in [5.41, 5.74) is 0.652. The molecule has 1 aromatic rings. The monoisotopic (exact) mass is 464 g/mol. The van der Waals surface area contributed by atoms with Crippen LogP contribution in [0.15, 0.2) is 18.2 Å². The van der Waals surface area contributed by atoms with Gasteiger partial charge in [0.15, 0.2) is 6.61 Å². The number of ether oxygens (including phenoxy) is 1. The predicted molar refractivity (Wildman–Crippen MR) is 111 cm³/mol. The molecule has 4 saturated carbocycles. The van der Waals surface area contributed by atoms with E-state index in [1.54, 1.807) is 13.0 Å². The summed E-state index contributed by atoms with van der Waals surface area (Å²) >= 11 is 3.94. The molecule has 156 valence electrons. The first-order chi connectivity index (χ1) is 13.7. The van der Waals surface area contributed by atoms with Crippen molar-refractivity contribution in [1.29, 1.82) is 0 Å². The number of benzene rings is 1. The molecule has 0 aliphatic heterocycles. The topological polar surface area (TPSA) is 98.5 Å². The van der Waals surface area contributed by atoms with Crippen molar-refractivity contribution in [3.63, 3.8) is 0 Å². The van der Waals surface area contributed by atoms with Gasteiger partial charge in [-0.15, -0.1) is 0 Å². The van der Waals surface area contributed by atoms with Gasteiger partial charge < -0.3 is 10.1 Å². The molecule has 4 fully saturated rings. The zero-order chi connectivity index (χ0) is 20.8. The van der Waals surface area contributed by atoms with Gasteiger partial charge in [-0.1, -0.05) is 22.0 Å². The van der Waals surface area contributed by atoms with Gasteiger partial charge in [0.2, 0.25) is 0 Å². The third kappa shape index (κ3) is 4.17. The Labute approximate surface area is 177 Å². The lowest BCUT2D eigenvalue weighted by atomic mass is 9.49. The Morgan fingerprint density at radius 3 is 2.59 bits per heavy atom. The van der Waals surface area contributed by atoms with E-state index in [0.717, 1.165) is 19.3 Å². The molecule has 1 aromatic carbocycles. The summed E-state index contributed by atoms with van der Waals surface area (Å²) in [7, 11) is 0. The van der Waals surface area contributed by atoms with E-state index < -0.39 is 10.8 Å². The van der Waals surface area contributed by atoms with Gasteiger partial charge in [-0.3, -0.25) is 19.7 Å². The lowest BCUT2D eigenvalue weighted by Gasteiger charge is -2.60. The molecule has 4 bridgehead atoms. The maximum absolute atomic E-state index is 12.5. The summed E-state index contributed by atoms with van der Waals surface area (Å²) in [5, 5.41) is 13.6. The summed E-state index contributed by atoms with van der Waals surface area (Å²) in [4.78, 5) is 35.2. The number of rotatable bonds is 6. The molecular formula is C21H25BrN2O5. The van der Waals surface area contributed by atoms with Gasteiger partial charge >= 0.3 is 5.97 Å². The van der Waals surface area contributed by atoms with Crippen LogP contribution in [-0.4, -0.2) is 27.7 Å². The molecule has 0 aromatic heterocycles. The second-order valence-electron chi connectivity index (χ2n) is 9.20. The minimum Gasteiger partial charge on any atom is -0.456 e. The average molecular weight is 465 g/mol. The number of hydrogen-bond donors (Lipinski definition) is 1. The lowest BCUT2D eigenvalue weighted by Crippen LogP contribution is -2.53. The highest BCUT2D eigenvalue weighted by atomic mass is 79.9.